The summed E-state index contributed by atoms with van der Waals surface area (Å²) in [5, 5.41) is 3.52. The third-order valence-corrected chi connectivity index (χ3v) is 4.52. The molecule has 3 rings (SSSR count). The second-order valence-corrected chi connectivity index (χ2v) is 6.48. The molecule has 0 amide bonds. The molecule has 2 bridgehead atoms. The molecule has 1 aromatic heterocycles. The van der Waals surface area contributed by atoms with E-state index < -0.39 is 0 Å². The van der Waals surface area contributed by atoms with E-state index in [9.17, 15) is 0 Å². The topological polar surface area (TPSA) is 28.2 Å². The van der Waals surface area contributed by atoms with Crippen molar-refractivity contribution in [3.8, 4) is 0 Å². The number of hydrogen-bond acceptors (Lipinski definition) is 3. The molecule has 3 nitrogen and oxygen atoms in total. The number of aryl methyl sites for hydroxylation is 1. The lowest BCUT2D eigenvalue weighted by molar-refractivity contribution is 0.548. The van der Waals surface area contributed by atoms with E-state index in [2.05, 4.69) is 48.2 Å². The Morgan fingerprint density at radius 2 is 2.26 bits per heavy atom. The maximum absolute atomic E-state index is 4.48. The van der Waals surface area contributed by atoms with Crippen molar-refractivity contribution in [2.75, 3.05) is 11.4 Å². The number of pyridine rings is 1. The molecule has 1 N–H and O–H groups in total. The summed E-state index contributed by atoms with van der Waals surface area (Å²) >= 11 is 0. The Balaban J connectivity index is 1.84. The third kappa shape index (κ3) is 2.62. The SMILES string of the molecule is Cc1cc(N2CC3CCC2C3)c(CNC(C)C)cn1. The van der Waals surface area contributed by atoms with Crippen molar-refractivity contribution >= 4 is 5.69 Å². The monoisotopic (exact) mass is 259 g/mol. The zero-order chi connectivity index (χ0) is 13.4. The van der Waals surface area contributed by atoms with E-state index in [4.69, 9.17) is 0 Å². The van der Waals surface area contributed by atoms with Gasteiger partial charge < -0.3 is 10.2 Å². The minimum atomic E-state index is 0.518. The van der Waals surface area contributed by atoms with E-state index in [1.165, 1.54) is 37.1 Å². The highest BCUT2D eigenvalue weighted by Gasteiger charge is 2.38. The van der Waals surface area contributed by atoms with Crippen molar-refractivity contribution in [1.82, 2.24) is 10.3 Å². The van der Waals surface area contributed by atoms with Crippen LogP contribution in [0, 0.1) is 12.8 Å². The molecule has 0 aromatic carbocycles. The molecular formula is C16H25N3. The zero-order valence-electron chi connectivity index (χ0n) is 12.3. The van der Waals surface area contributed by atoms with Crippen LogP contribution in [0.15, 0.2) is 12.3 Å². The molecule has 2 aliphatic rings. The van der Waals surface area contributed by atoms with Crippen molar-refractivity contribution in [3.63, 3.8) is 0 Å². The van der Waals surface area contributed by atoms with Crippen LogP contribution in [0.3, 0.4) is 0 Å². The first kappa shape index (κ1) is 12.9. The summed E-state index contributed by atoms with van der Waals surface area (Å²) in [6, 6.07) is 3.58. The average Bonchev–Trinajstić information content (AvgIpc) is 2.99. The standard InChI is InChI=1S/C16H25N3/c1-11(2)17-8-14-9-18-12(3)6-16(14)19-10-13-4-5-15(19)7-13/h6,9,11,13,15,17H,4-5,7-8,10H2,1-3H3. The fourth-order valence-corrected chi connectivity index (χ4v) is 3.51. The summed E-state index contributed by atoms with van der Waals surface area (Å²) in [4.78, 5) is 7.12. The molecule has 1 aliphatic heterocycles. The van der Waals surface area contributed by atoms with Crippen molar-refractivity contribution in [1.29, 1.82) is 0 Å². The number of piperidine rings is 1. The van der Waals surface area contributed by atoms with Crippen LogP contribution in [0.2, 0.25) is 0 Å². The minimum absolute atomic E-state index is 0.518. The maximum atomic E-state index is 4.48. The summed E-state index contributed by atoms with van der Waals surface area (Å²) in [5.41, 5.74) is 3.91. The van der Waals surface area contributed by atoms with Crippen LogP contribution in [-0.2, 0) is 6.54 Å². The molecule has 2 atom stereocenters. The van der Waals surface area contributed by atoms with Gasteiger partial charge in [-0.2, -0.15) is 0 Å². The number of anilines is 1. The number of fused-ring (bicyclic) bond motifs is 2. The number of hydrogen-bond donors (Lipinski definition) is 1. The van der Waals surface area contributed by atoms with Crippen LogP contribution < -0.4 is 10.2 Å². The molecule has 1 aliphatic carbocycles. The molecule has 0 radical (unpaired) electrons. The average molecular weight is 259 g/mol. The van der Waals surface area contributed by atoms with Crippen molar-refractivity contribution in [2.45, 2.75) is 58.7 Å². The fraction of sp³-hybridized carbons (Fsp3) is 0.688. The first-order chi connectivity index (χ1) is 9.13. The Kier molecular flexibility index (Phi) is 3.48. The first-order valence-corrected chi connectivity index (χ1v) is 7.59. The lowest BCUT2D eigenvalue weighted by atomic mass is 10.1. The van der Waals surface area contributed by atoms with Gasteiger partial charge in [-0.05, 0) is 38.2 Å². The van der Waals surface area contributed by atoms with Crippen molar-refractivity contribution in [3.05, 3.63) is 23.5 Å². The number of nitrogens with one attached hydrogen (secondary N) is 1. The van der Waals surface area contributed by atoms with Gasteiger partial charge in [-0.25, -0.2) is 0 Å². The van der Waals surface area contributed by atoms with Crippen molar-refractivity contribution < 1.29 is 0 Å². The predicted molar refractivity (Wildman–Crippen MR) is 79.4 cm³/mol. The molecular weight excluding hydrogens is 234 g/mol. The van der Waals surface area contributed by atoms with Gasteiger partial charge in [0.25, 0.3) is 0 Å². The van der Waals surface area contributed by atoms with Crippen LogP contribution in [-0.4, -0.2) is 23.6 Å². The van der Waals surface area contributed by atoms with E-state index in [1.54, 1.807) is 0 Å². The molecule has 0 spiro atoms. The van der Waals surface area contributed by atoms with Gasteiger partial charge in [-0.1, -0.05) is 13.8 Å². The minimum Gasteiger partial charge on any atom is -0.368 e. The number of nitrogens with zero attached hydrogens (tertiary/aromatic N) is 2. The van der Waals surface area contributed by atoms with Gasteiger partial charge in [0.05, 0.1) is 0 Å². The highest BCUT2D eigenvalue weighted by molar-refractivity contribution is 5.56. The third-order valence-electron chi connectivity index (χ3n) is 4.52. The van der Waals surface area contributed by atoms with Gasteiger partial charge in [-0.3, -0.25) is 4.98 Å². The van der Waals surface area contributed by atoms with Gasteiger partial charge in [0.15, 0.2) is 0 Å². The zero-order valence-corrected chi connectivity index (χ0v) is 12.3. The molecule has 2 fully saturated rings. The summed E-state index contributed by atoms with van der Waals surface area (Å²) < 4.78 is 0. The van der Waals surface area contributed by atoms with E-state index in [0.29, 0.717) is 6.04 Å². The van der Waals surface area contributed by atoms with Crippen LogP contribution in [0.5, 0.6) is 0 Å². The van der Waals surface area contributed by atoms with Gasteiger partial charge >= 0.3 is 0 Å². The quantitative estimate of drug-likeness (QED) is 0.901. The number of rotatable bonds is 4. The van der Waals surface area contributed by atoms with Crippen molar-refractivity contribution in [2.24, 2.45) is 5.92 Å². The lowest BCUT2D eigenvalue weighted by Gasteiger charge is -2.31. The second kappa shape index (κ2) is 5.12. The molecule has 2 heterocycles. The maximum Gasteiger partial charge on any atom is 0.0448 e. The van der Waals surface area contributed by atoms with Gasteiger partial charge in [0.2, 0.25) is 0 Å². The second-order valence-electron chi connectivity index (χ2n) is 6.48. The molecule has 104 valence electrons. The number of aromatic nitrogens is 1. The summed E-state index contributed by atoms with van der Waals surface area (Å²) in [7, 11) is 0. The molecule has 1 aromatic rings. The Hall–Kier alpha value is -1.09. The Morgan fingerprint density at radius 3 is 2.89 bits per heavy atom. The van der Waals surface area contributed by atoms with E-state index in [-0.39, 0.29) is 0 Å². The lowest BCUT2D eigenvalue weighted by Crippen LogP contribution is -2.33. The molecule has 1 saturated carbocycles. The Morgan fingerprint density at radius 1 is 1.42 bits per heavy atom. The largest absolute Gasteiger partial charge is 0.368 e. The Bertz CT molecular complexity index is 455. The first-order valence-electron chi connectivity index (χ1n) is 7.59. The highest BCUT2D eigenvalue weighted by Crippen LogP contribution is 2.41. The van der Waals surface area contributed by atoms with Gasteiger partial charge in [-0.15, -0.1) is 0 Å². The molecule has 19 heavy (non-hydrogen) atoms. The summed E-state index contributed by atoms with van der Waals surface area (Å²) in [6.45, 7) is 8.66. The van der Waals surface area contributed by atoms with Gasteiger partial charge in [0, 0.05) is 48.3 Å². The molecule has 2 unspecified atom stereocenters. The van der Waals surface area contributed by atoms with Crippen LogP contribution in [0.1, 0.15) is 44.4 Å². The van der Waals surface area contributed by atoms with Gasteiger partial charge in [0.1, 0.15) is 0 Å². The summed E-state index contributed by atoms with van der Waals surface area (Å²) in [5.74, 6) is 0.935. The molecule has 1 saturated heterocycles. The fourth-order valence-electron chi connectivity index (χ4n) is 3.51. The van der Waals surface area contributed by atoms with E-state index >= 15 is 0 Å². The smallest absolute Gasteiger partial charge is 0.0448 e. The molecule has 3 heteroatoms. The highest BCUT2D eigenvalue weighted by atomic mass is 15.2. The normalized spacial score (nSPS) is 25.6. The van der Waals surface area contributed by atoms with E-state index in [0.717, 1.165) is 24.2 Å². The van der Waals surface area contributed by atoms with E-state index in [1.807, 2.05) is 0 Å². The predicted octanol–water partition coefficient (Wildman–Crippen LogP) is 2.88. The summed E-state index contributed by atoms with van der Waals surface area (Å²) in [6.07, 6.45) is 6.28. The van der Waals surface area contributed by atoms with Crippen LogP contribution >= 0.6 is 0 Å². The van der Waals surface area contributed by atoms with Crippen LogP contribution in [0.4, 0.5) is 5.69 Å². The Labute approximate surface area is 116 Å². The van der Waals surface area contributed by atoms with Crippen LogP contribution in [0.25, 0.3) is 0 Å².